The lowest BCUT2D eigenvalue weighted by Gasteiger charge is -2.06. The quantitative estimate of drug-likeness (QED) is 0.764. The highest BCUT2D eigenvalue weighted by Gasteiger charge is 2.23. The van der Waals surface area contributed by atoms with Gasteiger partial charge in [0.2, 0.25) is 0 Å². The molecular weight excluding hydrogens is 236 g/mol. The van der Waals surface area contributed by atoms with Gasteiger partial charge in [0.25, 0.3) is 0 Å². The second-order valence-corrected chi connectivity index (χ2v) is 4.55. The molecule has 1 heterocycles. The second kappa shape index (κ2) is 4.00. The number of hydrogen-bond acceptors (Lipinski definition) is 2. The maximum Gasteiger partial charge on any atom is 0.170 e. The second-order valence-electron chi connectivity index (χ2n) is 4.15. The number of halogens is 1. The summed E-state index contributed by atoms with van der Waals surface area (Å²) < 4.78 is 1.81. The molecular formula is C13H11ClN2O. The Kier molecular flexibility index (Phi) is 2.48. The Balaban J connectivity index is 2.22. The van der Waals surface area contributed by atoms with Crippen LogP contribution in [0.2, 0.25) is 5.02 Å². The minimum atomic E-state index is 0.553. The minimum absolute atomic E-state index is 0.553. The zero-order valence-electron chi connectivity index (χ0n) is 9.19. The van der Waals surface area contributed by atoms with Gasteiger partial charge in [-0.2, -0.15) is 5.10 Å². The van der Waals surface area contributed by atoms with E-state index in [2.05, 4.69) is 5.10 Å². The van der Waals surface area contributed by atoms with Crippen LogP contribution in [0.15, 0.2) is 24.3 Å². The number of para-hydroxylation sites is 1. The molecule has 1 aliphatic carbocycles. The molecule has 1 aromatic heterocycles. The lowest BCUT2D eigenvalue weighted by Crippen LogP contribution is -2.02. The van der Waals surface area contributed by atoms with Crippen molar-refractivity contribution in [1.82, 2.24) is 9.78 Å². The first-order valence-corrected chi connectivity index (χ1v) is 6.00. The van der Waals surface area contributed by atoms with Crippen molar-refractivity contribution in [2.45, 2.75) is 19.3 Å². The number of fused-ring (bicyclic) bond motifs is 1. The monoisotopic (exact) mass is 246 g/mol. The topological polar surface area (TPSA) is 34.9 Å². The van der Waals surface area contributed by atoms with E-state index in [0.29, 0.717) is 10.7 Å². The van der Waals surface area contributed by atoms with E-state index < -0.39 is 0 Å². The van der Waals surface area contributed by atoms with E-state index in [1.54, 1.807) is 0 Å². The summed E-state index contributed by atoms with van der Waals surface area (Å²) in [6, 6.07) is 7.56. The fraction of sp³-hybridized carbons (Fsp3) is 0.231. The molecule has 0 bridgehead atoms. The summed E-state index contributed by atoms with van der Waals surface area (Å²) in [7, 11) is 0. The summed E-state index contributed by atoms with van der Waals surface area (Å²) in [4.78, 5) is 11.0. The summed E-state index contributed by atoms with van der Waals surface area (Å²) >= 11 is 6.16. The van der Waals surface area contributed by atoms with Gasteiger partial charge < -0.3 is 0 Å². The number of aromatic nitrogens is 2. The van der Waals surface area contributed by atoms with Gasteiger partial charge in [0.05, 0.1) is 10.7 Å². The zero-order valence-corrected chi connectivity index (χ0v) is 9.94. The highest BCUT2D eigenvalue weighted by molar-refractivity contribution is 6.32. The molecule has 0 saturated carbocycles. The van der Waals surface area contributed by atoms with E-state index in [9.17, 15) is 4.79 Å². The Morgan fingerprint density at radius 1 is 1.29 bits per heavy atom. The predicted octanol–water partition coefficient (Wildman–Crippen LogP) is 2.83. The Morgan fingerprint density at radius 3 is 2.88 bits per heavy atom. The van der Waals surface area contributed by atoms with Gasteiger partial charge in [-0.3, -0.25) is 4.79 Å². The molecule has 0 fully saturated rings. The van der Waals surface area contributed by atoms with Crippen molar-refractivity contribution < 1.29 is 4.79 Å². The molecule has 2 aromatic rings. The summed E-state index contributed by atoms with van der Waals surface area (Å²) in [6.45, 7) is 0. The molecule has 0 atom stereocenters. The lowest BCUT2D eigenvalue weighted by atomic mass is 10.2. The van der Waals surface area contributed by atoms with Gasteiger partial charge in [-0.05, 0) is 31.4 Å². The Bertz CT molecular complexity index is 589. The SMILES string of the molecule is O=Cc1nn(-c2ccccc2Cl)c2c1CCC2. The maximum atomic E-state index is 11.0. The van der Waals surface area contributed by atoms with Gasteiger partial charge in [0.15, 0.2) is 6.29 Å². The maximum absolute atomic E-state index is 11.0. The van der Waals surface area contributed by atoms with Gasteiger partial charge in [-0.1, -0.05) is 23.7 Å². The summed E-state index contributed by atoms with van der Waals surface area (Å²) in [5.41, 5.74) is 3.61. The molecule has 17 heavy (non-hydrogen) atoms. The summed E-state index contributed by atoms with van der Waals surface area (Å²) in [6.07, 6.45) is 3.81. The van der Waals surface area contributed by atoms with Crippen LogP contribution in [0.3, 0.4) is 0 Å². The van der Waals surface area contributed by atoms with Crippen molar-refractivity contribution in [3.8, 4) is 5.69 Å². The lowest BCUT2D eigenvalue weighted by molar-refractivity contribution is 0.111. The van der Waals surface area contributed by atoms with E-state index in [1.165, 1.54) is 0 Å². The molecule has 0 spiro atoms. The van der Waals surface area contributed by atoms with E-state index in [-0.39, 0.29) is 0 Å². The third kappa shape index (κ3) is 1.58. The van der Waals surface area contributed by atoms with Crippen LogP contribution in [0.4, 0.5) is 0 Å². The Morgan fingerprint density at radius 2 is 2.12 bits per heavy atom. The number of carbonyl (C=O) groups is 1. The highest BCUT2D eigenvalue weighted by Crippen LogP contribution is 2.29. The largest absolute Gasteiger partial charge is 0.296 e. The molecule has 4 heteroatoms. The Hall–Kier alpha value is -1.61. The normalized spacial score (nSPS) is 13.7. The van der Waals surface area contributed by atoms with Crippen LogP contribution in [-0.2, 0) is 12.8 Å². The van der Waals surface area contributed by atoms with Crippen molar-refractivity contribution in [3.63, 3.8) is 0 Å². The smallest absolute Gasteiger partial charge is 0.170 e. The predicted molar refractivity (Wildman–Crippen MR) is 66.0 cm³/mol. The molecule has 86 valence electrons. The van der Waals surface area contributed by atoms with Crippen molar-refractivity contribution in [2.24, 2.45) is 0 Å². The van der Waals surface area contributed by atoms with Crippen LogP contribution in [0, 0.1) is 0 Å². The van der Waals surface area contributed by atoms with Crippen molar-refractivity contribution in [3.05, 3.63) is 46.2 Å². The Labute approximate surface area is 104 Å². The van der Waals surface area contributed by atoms with Gasteiger partial charge in [0, 0.05) is 11.3 Å². The van der Waals surface area contributed by atoms with Crippen molar-refractivity contribution in [2.75, 3.05) is 0 Å². The van der Waals surface area contributed by atoms with E-state index >= 15 is 0 Å². The standard InChI is InChI=1S/C13H11ClN2O/c14-10-5-1-2-6-13(10)16-12-7-3-4-9(12)11(8-17)15-16/h1-2,5-6,8H,3-4,7H2. The molecule has 0 saturated heterocycles. The number of nitrogens with zero attached hydrogens (tertiary/aromatic N) is 2. The van der Waals surface area contributed by atoms with Crippen LogP contribution in [0.1, 0.15) is 28.2 Å². The van der Waals surface area contributed by atoms with Crippen LogP contribution in [0.25, 0.3) is 5.69 Å². The zero-order chi connectivity index (χ0) is 11.8. The molecule has 1 aliphatic rings. The molecule has 0 unspecified atom stereocenters. The van der Waals surface area contributed by atoms with Gasteiger partial charge >= 0.3 is 0 Å². The third-order valence-corrected chi connectivity index (χ3v) is 3.47. The summed E-state index contributed by atoms with van der Waals surface area (Å²) in [5, 5.41) is 5.00. The third-order valence-electron chi connectivity index (χ3n) is 3.15. The number of rotatable bonds is 2. The molecule has 3 rings (SSSR count). The number of benzene rings is 1. The molecule has 0 radical (unpaired) electrons. The van der Waals surface area contributed by atoms with E-state index in [1.807, 2.05) is 28.9 Å². The van der Waals surface area contributed by atoms with Crippen LogP contribution in [0.5, 0.6) is 0 Å². The molecule has 3 nitrogen and oxygen atoms in total. The minimum Gasteiger partial charge on any atom is -0.296 e. The van der Waals surface area contributed by atoms with Crippen molar-refractivity contribution in [1.29, 1.82) is 0 Å². The molecule has 1 aromatic carbocycles. The first-order chi connectivity index (χ1) is 8.31. The van der Waals surface area contributed by atoms with Gasteiger partial charge in [-0.25, -0.2) is 4.68 Å². The first kappa shape index (κ1) is 10.5. The van der Waals surface area contributed by atoms with Crippen LogP contribution in [-0.4, -0.2) is 16.1 Å². The van der Waals surface area contributed by atoms with Gasteiger partial charge in [0.1, 0.15) is 5.69 Å². The van der Waals surface area contributed by atoms with Gasteiger partial charge in [-0.15, -0.1) is 0 Å². The number of hydrogen-bond donors (Lipinski definition) is 0. The first-order valence-electron chi connectivity index (χ1n) is 5.62. The van der Waals surface area contributed by atoms with Crippen LogP contribution >= 0.6 is 11.6 Å². The number of aldehydes is 1. The molecule has 0 amide bonds. The fourth-order valence-electron chi connectivity index (χ4n) is 2.38. The van der Waals surface area contributed by atoms with Crippen LogP contribution < -0.4 is 0 Å². The summed E-state index contributed by atoms with van der Waals surface area (Å²) in [5.74, 6) is 0. The number of carbonyl (C=O) groups excluding carboxylic acids is 1. The average Bonchev–Trinajstić information content (AvgIpc) is 2.91. The van der Waals surface area contributed by atoms with Crippen molar-refractivity contribution >= 4 is 17.9 Å². The molecule has 0 N–H and O–H groups in total. The highest BCUT2D eigenvalue weighted by atomic mass is 35.5. The molecule has 0 aliphatic heterocycles. The van der Waals surface area contributed by atoms with E-state index in [4.69, 9.17) is 11.6 Å². The average molecular weight is 247 g/mol. The van der Waals surface area contributed by atoms with E-state index in [0.717, 1.165) is 42.5 Å². The fourth-order valence-corrected chi connectivity index (χ4v) is 2.60.